The number of methoxy groups -OCH3 is 1. The first-order valence-corrected chi connectivity index (χ1v) is 10.8. The molecule has 0 atom stereocenters. The summed E-state index contributed by atoms with van der Waals surface area (Å²) in [6.07, 6.45) is 3.98. The van der Waals surface area contributed by atoms with Crippen molar-refractivity contribution in [2.24, 2.45) is 4.99 Å². The number of rotatable bonds is 8. The number of hydrogen-bond donors (Lipinski definition) is 0. The van der Waals surface area contributed by atoms with Crippen LogP contribution in [0.15, 0.2) is 59.2 Å². The molecule has 29 heavy (non-hydrogen) atoms. The van der Waals surface area contributed by atoms with E-state index in [0.29, 0.717) is 23.8 Å². The van der Waals surface area contributed by atoms with Crippen molar-refractivity contribution in [1.82, 2.24) is 0 Å². The van der Waals surface area contributed by atoms with Crippen molar-refractivity contribution in [3.63, 3.8) is 0 Å². The lowest BCUT2D eigenvalue weighted by Gasteiger charge is -2.17. The summed E-state index contributed by atoms with van der Waals surface area (Å²) < 4.78 is 11.0. The summed E-state index contributed by atoms with van der Waals surface area (Å²) in [5.74, 6) is 2.12. The lowest BCUT2D eigenvalue weighted by Crippen LogP contribution is -2.30. The molecule has 1 aliphatic heterocycles. The van der Waals surface area contributed by atoms with E-state index >= 15 is 0 Å². The number of hydrogen-bond acceptors (Lipinski definition) is 5. The van der Waals surface area contributed by atoms with Crippen molar-refractivity contribution >= 4 is 34.6 Å². The van der Waals surface area contributed by atoms with Crippen LogP contribution in [0.3, 0.4) is 0 Å². The van der Waals surface area contributed by atoms with Crippen molar-refractivity contribution in [1.29, 1.82) is 0 Å². The Labute approximate surface area is 176 Å². The molecule has 2 aromatic carbocycles. The van der Waals surface area contributed by atoms with E-state index in [-0.39, 0.29) is 5.91 Å². The molecule has 0 unspecified atom stereocenters. The summed E-state index contributed by atoms with van der Waals surface area (Å²) in [5, 5.41) is 0.721. The van der Waals surface area contributed by atoms with Crippen LogP contribution in [0.4, 0.5) is 5.69 Å². The Morgan fingerprint density at radius 1 is 1.10 bits per heavy atom. The Bertz CT molecular complexity index is 910. The van der Waals surface area contributed by atoms with E-state index in [4.69, 9.17) is 9.47 Å². The molecule has 0 saturated carbocycles. The van der Waals surface area contributed by atoms with Crippen LogP contribution in [-0.2, 0) is 4.79 Å². The molecule has 5 nitrogen and oxygen atoms in total. The molecule has 0 aromatic heterocycles. The molecule has 0 spiro atoms. The van der Waals surface area contributed by atoms with Gasteiger partial charge >= 0.3 is 0 Å². The molecule has 1 heterocycles. The van der Waals surface area contributed by atoms with Crippen molar-refractivity contribution < 1.29 is 14.3 Å². The molecule has 1 amide bonds. The maximum atomic E-state index is 13.2. The molecule has 1 aliphatic rings. The van der Waals surface area contributed by atoms with Crippen LogP contribution >= 0.6 is 11.8 Å². The van der Waals surface area contributed by atoms with E-state index in [1.807, 2.05) is 55.5 Å². The van der Waals surface area contributed by atoms with Gasteiger partial charge in [-0.05, 0) is 49.2 Å². The van der Waals surface area contributed by atoms with Gasteiger partial charge in [-0.2, -0.15) is 0 Å². The van der Waals surface area contributed by atoms with Gasteiger partial charge in [-0.25, -0.2) is 4.99 Å². The zero-order chi connectivity index (χ0) is 20.6. The van der Waals surface area contributed by atoms with Crippen molar-refractivity contribution in [3.8, 4) is 11.5 Å². The topological polar surface area (TPSA) is 51.1 Å². The Kier molecular flexibility index (Phi) is 7.36. The largest absolute Gasteiger partial charge is 0.493 e. The zero-order valence-electron chi connectivity index (χ0n) is 17.1. The maximum absolute atomic E-state index is 13.2. The van der Waals surface area contributed by atoms with Gasteiger partial charge in [-0.1, -0.05) is 49.4 Å². The smallest absolute Gasteiger partial charge is 0.283 e. The molecule has 0 saturated heterocycles. The van der Waals surface area contributed by atoms with Crippen LogP contribution in [0.2, 0.25) is 0 Å². The number of carbonyl (C=O) groups is 1. The molecule has 0 N–H and O–H groups in total. The first-order valence-electron chi connectivity index (χ1n) is 9.81. The summed E-state index contributed by atoms with van der Waals surface area (Å²) in [5.41, 5.74) is 2.08. The van der Waals surface area contributed by atoms with Crippen molar-refractivity contribution in [2.75, 3.05) is 24.4 Å². The normalized spacial score (nSPS) is 15.0. The fourth-order valence-electron chi connectivity index (χ4n) is 2.91. The first-order chi connectivity index (χ1) is 14.2. The number of aliphatic imine (C=N–C) groups is 1. The molecule has 3 rings (SSSR count). The van der Waals surface area contributed by atoms with E-state index in [1.165, 1.54) is 0 Å². The van der Waals surface area contributed by atoms with Crippen molar-refractivity contribution in [3.05, 3.63) is 59.8 Å². The second-order valence-electron chi connectivity index (χ2n) is 6.45. The number of nitrogens with zero attached hydrogens (tertiary/aromatic N) is 2. The number of para-hydroxylation sites is 1. The third kappa shape index (κ3) is 5.01. The second-order valence-corrected chi connectivity index (χ2v) is 7.51. The van der Waals surface area contributed by atoms with Gasteiger partial charge in [0.1, 0.15) is 5.70 Å². The highest BCUT2D eigenvalue weighted by Crippen LogP contribution is 2.32. The number of amides is 1. The SMILES string of the molecule is CCCCSC1=NC(=Cc2ccc(OCC)c(OC)c2)C(=O)N1c1ccccc1. The average Bonchev–Trinajstić information content (AvgIpc) is 3.05. The summed E-state index contributed by atoms with van der Waals surface area (Å²) >= 11 is 1.62. The third-order valence-electron chi connectivity index (χ3n) is 4.36. The van der Waals surface area contributed by atoms with Gasteiger partial charge in [0.2, 0.25) is 0 Å². The van der Waals surface area contributed by atoms with Gasteiger partial charge in [0.15, 0.2) is 16.7 Å². The summed E-state index contributed by atoms with van der Waals surface area (Å²) in [7, 11) is 1.60. The predicted molar refractivity (Wildman–Crippen MR) is 121 cm³/mol. The predicted octanol–water partition coefficient (Wildman–Crippen LogP) is 5.37. The number of amidine groups is 1. The highest BCUT2D eigenvalue weighted by molar-refractivity contribution is 8.14. The number of benzene rings is 2. The van der Waals surface area contributed by atoms with Gasteiger partial charge in [0.05, 0.1) is 19.4 Å². The molecule has 6 heteroatoms. The molecular weight excluding hydrogens is 384 g/mol. The van der Waals surface area contributed by atoms with Gasteiger partial charge in [0, 0.05) is 5.75 Å². The molecule has 0 radical (unpaired) electrons. The second kappa shape index (κ2) is 10.2. The van der Waals surface area contributed by atoms with Crippen LogP contribution in [-0.4, -0.2) is 30.5 Å². The van der Waals surface area contributed by atoms with E-state index < -0.39 is 0 Å². The van der Waals surface area contributed by atoms with Crippen molar-refractivity contribution in [2.45, 2.75) is 26.7 Å². The number of anilines is 1. The minimum atomic E-state index is -0.122. The minimum Gasteiger partial charge on any atom is -0.493 e. The highest BCUT2D eigenvalue weighted by atomic mass is 32.2. The minimum absolute atomic E-state index is 0.122. The van der Waals surface area contributed by atoms with E-state index in [9.17, 15) is 4.79 Å². The zero-order valence-corrected chi connectivity index (χ0v) is 17.9. The van der Waals surface area contributed by atoms with Gasteiger partial charge in [0.25, 0.3) is 5.91 Å². The molecule has 0 fully saturated rings. The number of ether oxygens (including phenoxy) is 2. The van der Waals surface area contributed by atoms with Crippen LogP contribution in [0.25, 0.3) is 6.08 Å². The molecule has 152 valence electrons. The highest BCUT2D eigenvalue weighted by Gasteiger charge is 2.31. The molecule has 2 aromatic rings. The van der Waals surface area contributed by atoms with E-state index in [1.54, 1.807) is 29.8 Å². The van der Waals surface area contributed by atoms with E-state index in [2.05, 4.69) is 11.9 Å². The van der Waals surface area contributed by atoms with Crippen LogP contribution in [0.1, 0.15) is 32.3 Å². The fraction of sp³-hybridized carbons (Fsp3) is 0.304. The lowest BCUT2D eigenvalue weighted by atomic mass is 10.1. The summed E-state index contributed by atoms with van der Waals surface area (Å²) in [6.45, 7) is 4.64. The van der Waals surface area contributed by atoms with Crippen LogP contribution in [0, 0.1) is 0 Å². The Morgan fingerprint density at radius 2 is 1.90 bits per heavy atom. The monoisotopic (exact) mass is 410 g/mol. The van der Waals surface area contributed by atoms with E-state index in [0.717, 1.165) is 35.0 Å². The van der Waals surface area contributed by atoms with Crippen LogP contribution < -0.4 is 14.4 Å². The quantitative estimate of drug-likeness (QED) is 0.434. The Morgan fingerprint density at radius 3 is 2.59 bits per heavy atom. The van der Waals surface area contributed by atoms with Crippen LogP contribution in [0.5, 0.6) is 11.5 Å². The van der Waals surface area contributed by atoms with Gasteiger partial charge in [-0.3, -0.25) is 9.69 Å². The van der Waals surface area contributed by atoms with Gasteiger partial charge < -0.3 is 9.47 Å². The number of unbranched alkanes of at least 4 members (excludes halogenated alkanes) is 1. The summed E-state index contributed by atoms with van der Waals surface area (Å²) in [6, 6.07) is 15.3. The fourth-order valence-corrected chi connectivity index (χ4v) is 4.01. The van der Waals surface area contributed by atoms with Gasteiger partial charge in [-0.15, -0.1) is 0 Å². The molecular formula is C23H26N2O3S. The average molecular weight is 411 g/mol. The third-order valence-corrected chi connectivity index (χ3v) is 5.39. The molecule has 0 bridgehead atoms. The Hall–Kier alpha value is -2.73. The Balaban J connectivity index is 1.93. The number of carbonyl (C=O) groups excluding carboxylic acids is 1. The lowest BCUT2D eigenvalue weighted by molar-refractivity contribution is -0.113. The molecule has 0 aliphatic carbocycles. The summed E-state index contributed by atoms with van der Waals surface area (Å²) in [4.78, 5) is 19.5. The number of thioether (sulfide) groups is 1. The first kappa shape index (κ1) is 21.0. The standard InChI is InChI=1S/C23H26N2O3S/c1-4-6-14-29-23-24-19(22(26)25(23)18-10-8-7-9-11-18)15-17-12-13-20(28-5-2)21(16-17)27-3/h7-13,15-16H,4-6,14H2,1-3H3. The maximum Gasteiger partial charge on any atom is 0.283 e.